The molecule has 0 atom stereocenters. The molecular weight excluding hydrogens is 299 g/mol. The van der Waals surface area contributed by atoms with Gasteiger partial charge in [0, 0.05) is 11.6 Å². The molecule has 0 aromatic heterocycles. The Morgan fingerprint density at radius 3 is 2.63 bits per heavy atom. The molecule has 0 amide bonds. The first-order chi connectivity index (χ1) is 8.79. The van der Waals surface area contributed by atoms with Crippen LogP contribution in [0.25, 0.3) is 0 Å². The van der Waals surface area contributed by atoms with Crippen molar-refractivity contribution < 1.29 is 22.7 Å². The van der Waals surface area contributed by atoms with Crippen molar-refractivity contribution in [2.75, 3.05) is 13.1 Å². The molecule has 6 nitrogen and oxygen atoms in total. The minimum atomic E-state index is -4.17. The second-order valence-corrected chi connectivity index (χ2v) is 5.78. The fourth-order valence-corrected chi connectivity index (χ4v) is 2.78. The summed E-state index contributed by atoms with van der Waals surface area (Å²) >= 11 is 5.59. The molecule has 1 rings (SSSR count). The molecular formula is C10H12ClFN2O4S. The highest BCUT2D eigenvalue weighted by Crippen LogP contribution is 2.23. The minimum absolute atomic E-state index is 0.0210. The lowest BCUT2D eigenvalue weighted by atomic mass is 10.2. The summed E-state index contributed by atoms with van der Waals surface area (Å²) in [5.74, 6) is -2.95. The summed E-state index contributed by atoms with van der Waals surface area (Å²) in [4.78, 5) is 9.99. The zero-order chi connectivity index (χ0) is 14.6. The van der Waals surface area contributed by atoms with E-state index in [9.17, 15) is 17.6 Å². The third-order valence-corrected chi connectivity index (χ3v) is 3.88. The molecule has 4 N–H and O–H groups in total. The highest BCUT2D eigenvalue weighted by Gasteiger charge is 2.24. The third-order valence-electron chi connectivity index (χ3n) is 2.20. The van der Waals surface area contributed by atoms with Gasteiger partial charge in [0.2, 0.25) is 10.0 Å². The van der Waals surface area contributed by atoms with Crippen molar-refractivity contribution in [3.8, 4) is 0 Å². The van der Waals surface area contributed by atoms with E-state index < -0.39 is 32.3 Å². The van der Waals surface area contributed by atoms with E-state index in [2.05, 4.69) is 4.72 Å². The van der Waals surface area contributed by atoms with Gasteiger partial charge < -0.3 is 10.8 Å². The van der Waals surface area contributed by atoms with Crippen molar-refractivity contribution in [3.05, 3.63) is 28.5 Å². The number of hydrogen-bond donors (Lipinski definition) is 3. The second-order valence-electron chi connectivity index (χ2n) is 3.61. The van der Waals surface area contributed by atoms with Gasteiger partial charge >= 0.3 is 5.97 Å². The lowest BCUT2D eigenvalue weighted by Gasteiger charge is -2.09. The van der Waals surface area contributed by atoms with Gasteiger partial charge in [-0.1, -0.05) is 11.6 Å². The maximum Gasteiger partial charge on any atom is 0.338 e. The van der Waals surface area contributed by atoms with Crippen LogP contribution in [0.4, 0.5) is 4.39 Å². The maximum absolute atomic E-state index is 13.8. The second kappa shape index (κ2) is 6.29. The zero-order valence-corrected chi connectivity index (χ0v) is 11.3. The Morgan fingerprint density at radius 1 is 1.47 bits per heavy atom. The molecule has 0 radical (unpaired) electrons. The van der Waals surface area contributed by atoms with Gasteiger partial charge in [-0.25, -0.2) is 22.3 Å². The van der Waals surface area contributed by atoms with Gasteiger partial charge in [-0.05, 0) is 25.1 Å². The Hall–Kier alpha value is -1.22. The smallest absolute Gasteiger partial charge is 0.338 e. The normalized spacial score (nSPS) is 11.5. The predicted molar refractivity (Wildman–Crippen MR) is 67.2 cm³/mol. The molecule has 0 unspecified atom stereocenters. The van der Waals surface area contributed by atoms with Crippen LogP contribution in [0.15, 0.2) is 17.0 Å². The van der Waals surface area contributed by atoms with Gasteiger partial charge in [0.05, 0.1) is 5.56 Å². The van der Waals surface area contributed by atoms with Crippen LogP contribution in [0, 0.1) is 5.82 Å². The molecule has 1 aromatic carbocycles. The number of carboxylic acids is 1. The van der Waals surface area contributed by atoms with Crippen LogP contribution in [0.3, 0.4) is 0 Å². The van der Waals surface area contributed by atoms with Gasteiger partial charge in [0.25, 0.3) is 0 Å². The van der Waals surface area contributed by atoms with Gasteiger partial charge in [0.1, 0.15) is 4.90 Å². The SMILES string of the molecule is NCCCNS(=O)(=O)c1cc(Cl)cc(C(=O)O)c1F. The van der Waals surface area contributed by atoms with Crippen LogP contribution >= 0.6 is 11.6 Å². The molecule has 0 heterocycles. The molecule has 0 fully saturated rings. The summed E-state index contributed by atoms with van der Waals surface area (Å²) in [5, 5.41) is 8.58. The quantitative estimate of drug-likeness (QED) is 0.673. The highest BCUT2D eigenvalue weighted by atomic mass is 35.5. The lowest BCUT2D eigenvalue weighted by molar-refractivity contribution is 0.0691. The number of nitrogens with one attached hydrogen (secondary N) is 1. The van der Waals surface area contributed by atoms with Crippen molar-refractivity contribution >= 4 is 27.6 Å². The number of rotatable bonds is 6. The standard InChI is InChI=1S/C10H12ClFN2O4S/c11-6-4-7(10(15)16)9(12)8(5-6)19(17,18)14-3-1-2-13/h4-5,14H,1-3,13H2,(H,15,16). The number of nitrogens with two attached hydrogens (primary N) is 1. The number of benzene rings is 1. The fourth-order valence-electron chi connectivity index (χ4n) is 1.30. The van der Waals surface area contributed by atoms with E-state index in [0.29, 0.717) is 6.42 Å². The Balaban J connectivity index is 3.23. The van der Waals surface area contributed by atoms with Crippen molar-refractivity contribution in [1.29, 1.82) is 0 Å². The highest BCUT2D eigenvalue weighted by molar-refractivity contribution is 7.89. The Bertz CT molecular complexity index is 591. The number of sulfonamides is 1. The fraction of sp³-hybridized carbons (Fsp3) is 0.300. The van der Waals surface area contributed by atoms with E-state index in [4.69, 9.17) is 22.4 Å². The molecule has 9 heteroatoms. The minimum Gasteiger partial charge on any atom is -0.478 e. The molecule has 0 aliphatic rings. The first-order valence-corrected chi connectivity index (χ1v) is 7.07. The molecule has 106 valence electrons. The number of carboxylic acid groups (broad SMARTS) is 1. The largest absolute Gasteiger partial charge is 0.478 e. The number of hydrogen-bond acceptors (Lipinski definition) is 4. The molecule has 0 saturated carbocycles. The van der Waals surface area contributed by atoms with E-state index in [-0.39, 0.29) is 18.1 Å². The van der Waals surface area contributed by atoms with E-state index in [1.54, 1.807) is 0 Å². The molecule has 0 spiro atoms. The van der Waals surface area contributed by atoms with E-state index in [0.717, 1.165) is 12.1 Å². The van der Waals surface area contributed by atoms with Crippen molar-refractivity contribution in [2.24, 2.45) is 5.73 Å². The van der Waals surface area contributed by atoms with Crippen LogP contribution in [-0.4, -0.2) is 32.6 Å². The average molecular weight is 311 g/mol. The van der Waals surface area contributed by atoms with Gasteiger partial charge in [-0.15, -0.1) is 0 Å². The van der Waals surface area contributed by atoms with E-state index in [1.165, 1.54) is 0 Å². The molecule has 0 saturated heterocycles. The summed E-state index contributed by atoms with van der Waals surface area (Å²) in [6.07, 6.45) is 0.368. The summed E-state index contributed by atoms with van der Waals surface area (Å²) < 4.78 is 39.6. The molecule has 0 aliphatic heterocycles. The molecule has 19 heavy (non-hydrogen) atoms. The first-order valence-electron chi connectivity index (χ1n) is 5.21. The Kier molecular flexibility index (Phi) is 5.24. The average Bonchev–Trinajstić information content (AvgIpc) is 2.31. The van der Waals surface area contributed by atoms with E-state index >= 15 is 0 Å². The topological polar surface area (TPSA) is 109 Å². The van der Waals surface area contributed by atoms with Crippen LogP contribution in [0.1, 0.15) is 16.8 Å². The van der Waals surface area contributed by atoms with Gasteiger partial charge in [-0.2, -0.15) is 0 Å². The van der Waals surface area contributed by atoms with Crippen LogP contribution in [0.2, 0.25) is 5.02 Å². The summed E-state index contributed by atoms with van der Waals surface area (Å²) in [6, 6.07) is 1.70. The van der Waals surface area contributed by atoms with Crippen molar-refractivity contribution in [2.45, 2.75) is 11.3 Å². The molecule has 1 aromatic rings. The first kappa shape index (κ1) is 15.8. The molecule has 0 bridgehead atoms. The Morgan fingerprint density at radius 2 is 2.11 bits per heavy atom. The van der Waals surface area contributed by atoms with Crippen LogP contribution < -0.4 is 10.5 Å². The van der Waals surface area contributed by atoms with Crippen LogP contribution in [-0.2, 0) is 10.0 Å². The third kappa shape index (κ3) is 3.87. The summed E-state index contributed by atoms with van der Waals surface area (Å²) in [6.45, 7) is 0.286. The Labute approximate surface area is 114 Å². The molecule has 0 aliphatic carbocycles. The number of halogens is 2. The van der Waals surface area contributed by atoms with E-state index in [1.807, 2.05) is 0 Å². The maximum atomic E-state index is 13.8. The predicted octanol–water partition coefficient (Wildman–Crippen LogP) is 0.804. The monoisotopic (exact) mass is 310 g/mol. The van der Waals surface area contributed by atoms with Crippen LogP contribution in [0.5, 0.6) is 0 Å². The van der Waals surface area contributed by atoms with Crippen molar-refractivity contribution in [3.63, 3.8) is 0 Å². The van der Waals surface area contributed by atoms with Crippen molar-refractivity contribution in [1.82, 2.24) is 4.72 Å². The number of aromatic carboxylic acids is 1. The lowest BCUT2D eigenvalue weighted by Crippen LogP contribution is -2.27. The zero-order valence-electron chi connectivity index (χ0n) is 9.69. The summed E-state index contributed by atoms with van der Waals surface area (Å²) in [7, 11) is -4.17. The van der Waals surface area contributed by atoms with Gasteiger partial charge in [0.15, 0.2) is 5.82 Å². The number of carbonyl (C=O) groups is 1. The summed E-state index contributed by atoms with van der Waals surface area (Å²) in [5.41, 5.74) is 4.41. The van der Waals surface area contributed by atoms with Gasteiger partial charge in [-0.3, -0.25) is 0 Å².